The second-order valence-corrected chi connectivity index (χ2v) is 6.20. The maximum atomic E-state index is 12.3. The Bertz CT molecular complexity index is 409. The Labute approximate surface area is 112 Å². The van der Waals surface area contributed by atoms with Crippen molar-refractivity contribution in [3.05, 3.63) is 16.1 Å². The lowest BCUT2D eigenvalue weighted by molar-refractivity contribution is 0.0655. The van der Waals surface area contributed by atoms with E-state index in [4.69, 9.17) is 5.11 Å². The van der Waals surface area contributed by atoms with Crippen LogP contribution in [0.4, 0.5) is 0 Å². The lowest BCUT2D eigenvalue weighted by Gasteiger charge is -2.30. The van der Waals surface area contributed by atoms with Gasteiger partial charge in [-0.1, -0.05) is 13.8 Å². The van der Waals surface area contributed by atoms with Gasteiger partial charge in [0.15, 0.2) is 0 Å². The Morgan fingerprint density at radius 1 is 1.56 bits per heavy atom. The average Bonchev–Trinajstić information content (AvgIpc) is 2.88. The number of hydrogen-bond acceptors (Lipinski definition) is 4. The first-order valence-electron chi connectivity index (χ1n) is 6.47. The molecule has 0 saturated carbocycles. The van der Waals surface area contributed by atoms with E-state index in [1.54, 1.807) is 6.20 Å². The molecule has 0 bridgehead atoms. The SMILES string of the molecule is CC(C)c1ncc(C(=O)N2CCC(CO)CC2)s1. The number of aromatic nitrogens is 1. The minimum absolute atomic E-state index is 0.0933. The zero-order valence-electron chi connectivity index (χ0n) is 10.9. The van der Waals surface area contributed by atoms with Gasteiger partial charge in [-0.2, -0.15) is 0 Å². The molecule has 1 aromatic heterocycles. The summed E-state index contributed by atoms with van der Waals surface area (Å²) < 4.78 is 0. The molecule has 1 N–H and O–H groups in total. The lowest BCUT2D eigenvalue weighted by Crippen LogP contribution is -2.38. The van der Waals surface area contributed by atoms with Gasteiger partial charge < -0.3 is 10.0 Å². The van der Waals surface area contributed by atoms with Crippen LogP contribution in [0.1, 0.15) is 47.3 Å². The average molecular weight is 268 g/mol. The monoisotopic (exact) mass is 268 g/mol. The highest BCUT2D eigenvalue weighted by Crippen LogP contribution is 2.24. The Balaban J connectivity index is 1.98. The molecule has 1 aliphatic rings. The fraction of sp³-hybridized carbons (Fsp3) is 0.692. The predicted molar refractivity (Wildman–Crippen MR) is 71.9 cm³/mol. The van der Waals surface area contributed by atoms with Crippen LogP contribution in [0.15, 0.2) is 6.20 Å². The first kappa shape index (κ1) is 13.5. The fourth-order valence-electron chi connectivity index (χ4n) is 2.13. The number of carbonyl (C=O) groups is 1. The van der Waals surface area contributed by atoms with Crippen LogP contribution in [-0.2, 0) is 0 Å². The number of hydrogen-bond donors (Lipinski definition) is 1. The topological polar surface area (TPSA) is 53.4 Å². The normalized spacial score (nSPS) is 17.4. The molecule has 1 saturated heterocycles. The van der Waals surface area contributed by atoms with Gasteiger partial charge in [-0.25, -0.2) is 4.98 Å². The Kier molecular flexibility index (Phi) is 4.35. The van der Waals surface area contributed by atoms with Crippen molar-refractivity contribution in [2.24, 2.45) is 5.92 Å². The number of piperidine rings is 1. The zero-order valence-corrected chi connectivity index (χ0v) is 11.7. The van der Waals surface area contributed by atoms with Crippen LogP contribution in [0, 0.1) is 5.92 Å². The number of amides is 1. The molecular formula is C13H20N2O2S. The summed E-state index contributed by atoms with van der Waals surface area (Å²) in [5.41, 5.74) is 0. The number of nitrogens with zero attached hydrogens (tertiary/aromatic N) is 2. The van der Waals surface area contributed by atoms with E-state index >= 15 is 0 Å². The third-order valence-corrected chi connectivity index (χ3v) is 4.67. The molecule has 2 rings (SSSR count). The van der Waals surface area contributed by atoms with Crippen LogP contribution < -0.4 is 0 Å². The molecular weight excluding hydrogens is 248 g/mol. The summed E-state index contributed by atoms with van der Waals surface area (Å²) in [4.78, 5) is 19.2. The molecule has 18 heavy (non-hydrogen) atoms. The van der Waals surface area contributed by atoms with E-state index in [0.717, 1.165) is 35.8 Å². The van der Waals surface area contributed by atoms with Gasteiger partial charge in [-0.05, 0) is 18.8 Å². The van der Waals surface area contributed by atoms with Gasteiger partial charge in [0.1, 0.15) is 4.88 Å². The molecule has 0 aromatic carbocycles. The van der Waals surface area contributed by atoms with Gasteiger partial charge in [0.05, 0.1) is 11.2 Å². The summed E-state index contributed by atoms with van der Waals surface area (Å²) in [6.07, 6.45) is 3.50. The van der Waals surface area contributed by atoms with E-state index in [2.05, 4.69) is 18.8 Å². The number of rotatable bonds is 3. The number of aliphatic hydroxyl groups is 1. The van der Waals surface area contributed by atoms with Crippen LogP contribution in [0.2, 0.25) is 0 Å². The molecule has 0 atom stereocenters. The van der Waals surface area contributed by atoms with E-state index in [9.17, 15) is 4.79 Å². The van der Waals surface area contributed by atoms with Crippen molar-refractivity contribution in [1.82, 2.24) is 9.88 Å². The standard InChI is InChI=1S/C13H20N2O2S/c1-9(2)12-14-7-11(18-12)13(17)15-5-3-10(8-16)4-6-15/h7,9-10,16H,3-6,8H2,1-2H3. The minimum atomic E-state index is 0.0933. The highest BCUT2D eigenvalue weighted by atomic mass is 32.1. The van der Waals surface area contributed by atoms with Gasteiger partial charge in [0.25, 0.3) is 5.91 Å². The molecule has 0 aliphatic carbocycles. The summed E-state index contributed by atoms with van der Waals surface area (Å²) in [6, 6.07) is 0. The molecule has 4 nitrogen and oxygen atoms in total. The molecule has 1 amide bonds. The summed E-state index contributed by atoms with van der Waals surface area (Å²) in [5, 5.41) is 10.1. The van der Waals surface area contributed by atoms with Crippen LogP contribution >= 0.6 is 11.3 Å². The van der Waals surface area contributed by atoms with Crippen molar-refractivity contribution < 1.29 is 9.90 Å². The molecule has 1 aliphatic heterocycles. The maximum Gasteiger partial charge on any atom is 0.265 e. The van der Waals surface area contributed by atoms with Gasteiger partial charge in [-0.3, -0.25) is 4.79 Å². The number of carbonyl (C=O) groups excluding carboxylic acids is 1. The molecule has 2 heterocycles. The van der Waals surface area contributed by atoms with Crippen LogP contribution in [0.3, 0.4) is 0 Å². The Morgan fingerprint density at radius 3 is 2.72 bits per heavy atom. The third kappa shape index (κ3) is 2.90. The molecule has 0 spiro atoms. The smallest absolute Gasteiger partial charge is 0.265 e. The van der Waals surface area contributed by atoms with Gasteiger partial charge in [0.2, 0.25) is 0 Å². The van der Waals surface area contributed by atoms with E-state index in [0.29, 0.717) is 11.8 Å². The third-order valence-electron chi connectivity index (χ3n) is 3.39. The summed E-state index contributed by atoms with van der Waals surface area (Å²) >= 11 is 1.50. The number of likely N-dealkylation sites (tertiary alicyclic amines) is 1. The highest BCUT2D eigenvalue weighted by molar-refractivity contribution is 7.13. The second kappa shape index (κ2) is 5.80. The molecule has 0 unspecified atom stereocenters. The van der Waals surface area contributed by atoms with E-state index in [1.807, 2.05) is 4.90 Å². The van der Waals surface area contributed by atoms with E-state index in [1.165, 1.54) is 11.3 Å². The zero-order chi connectivity index (χ0) is 13.1. The summed E-state index contributed by atoms with van der Waals surface area (Å²) in [6.45, 7) is 5.90. The first-order chi connectivity index (χ1) is 8.61. The molecule has 1 fully saturated rings. The van der Waals surface area contributed by atoms with E-state index < -0.39 is 0 Å². The molecule has 100 valence electrons. The Morgan fingerprint density at radius 2 is 2.22 bits per heavy atom. The van der Waals surface area contributed by atoms with Gasteiger partial charge in [-0.15, -0.1) is 11.3 Å². The minimum Gasteiger partial charge on any atom is -0.396 e. The molecule has 0 radical (unpaired) electrons. The maximum absolute atomic E-state index is 12.3. The second-order valence-electron chi connectivity index (χ2n) is 5.14. The quantitative estimate of drug-likeness (QED) is 0.913. The number of aliphatic hydroxyl groups excluding tert-OH is 1. The largest absolute Gasteiger partial charge is 0.396 e. The van der Waals surface area contributed by atoms with Crippen LogP contribution in [0.5, 0.6) is 0 Å². The summed E-state index contributed by atoms with van der Waals surface area (Å²) in [5.74, 6) is 0.828. The first-order valence-corrected chi connectivity index (χ1v) is 7.29. The van der Waals surface area contributed by atoms with E-state index in [-0.39, 0.29) is 12.5 Å². The lowest BCUT2D eigenvalue weighted by atomic mass is 9.98. The van der Waals surface area contributed by atoms with Gasteiger partial charge >= 0.3 is 0 Å². The number of thiazole rings is 1. The molecule has 1 aromatic rings. The van der Waals surface area contributed by atoms with Crippen LogP contribution in [-0.4, -0.2) is 40.6 Å². The van der Waals surface area contributed by atoms with Crippen molar-refractivity contribution in [1.29, 1.82) is 0 Å². The Hall–Kier alpha value is -0.940. The van der Waals surface area contributed by atoms with Crippen LogP contribution in [0.25, 0.3) is 0 Å². The van der Waals surface area contributed by atoms with Crippen molar-refractivity contribution >= 4 is 17.2 Å². The van der Waals surface area contributed by atoms with Crippen molar-refractivity contribution in [2.45, 2.75) is 32.6 Å². The summed E-state index contributed by atoms with van der Waals surface area (Å²) in [7, 11) is 0. The van der Waals surface area contributed by atoms with Gasteiger partial charge in [0, 0.05) is 25.6 Å². The van der Waals surface area contributed by atoms with Crippen molar-refractivity contribution in [2.75, 3.05) is 19.7 Å². The van der Waals surface area contributed by atoms with Crippen molar-refractivity contribution in [3.63, 3.8) is 0 Å². The highest BCUT2D eigenvalue weighted by Gasteiger charge is 2.24. The molecule has 5 heteroatoms. The fourth-order valence-corrected chi connectivity index (χ4v) is 3.02. The van der Waals surface area contributed by atoms with Crippen molar-refractivity contribution in [3.8, 4) is 0 Å². The predicted octanol–water partition coefficient (Wildman–Crippen LogP) is 2.11.